The van der Waals surface area contributed by atoms with Crippen LogP contribution in [0.25, 0.3) is 10.9 Å². The number of nitrogens with zero attached hydrogens (tertiary/aromatic N) is 3. The third-order valence-corrected chi connectivity index (χ3v) is 6.71. The van der Waals surface area contributed by atoms with Crippen molar-refractivity contribution in [1.82, 2.24) is 19.2 Å². The number of nitrogens with one attached hydrogen (secondary N) is 1. The third kappa shape index (κ3) is 5.24. The average molecular weight is 499 g/mol. The van der Waals surface area contributed by atoms with Gasteiger partial charge in [0.05, 0.1) is 37.2 Å². The molecule has 0 spiro atoms. The Morgan fingerprint density at radius 2 is 1.83 bits per heavy atom. The lowest BCUT2D eigenvalue weighted by molar-refractivity contribution is 0.0425. The Morgan fingerprint density at radius 3 is 2.49 bits per heavy atom. The Kier molecular flexibility index (Phi) is 7.54. The molecule has 0 radical (unpaired) electrons. The number of rotatable bonds is 8. The second-order valence-corrected chi connectivity index (χ2v) is 8.94. The number of hydrogen-bond donors (Lipinski definition) is 1. The lowest BCUT2D eigenvalue weighted by Gasteiger charge is -2.27. The van der Waals surface area contributed by atoms with Gasteiger partial charge in [0.25, 0.3) is 11.1 Å². The maximum atomic E-state index is 13.4. The van der Waals surface area contributed by atoms with Crippen LogP contribution >= 0.6 is 11.6 Å². The molecule has 1 saturated heterocycles. The van der Waals surface area contributed by atoms with Crippen molar-refractivity contribution < 1.29 is 9.13 Å². The number of H-pyrrole nitrogens is 1. The van der Waals surface area contributed by atoms with Crippen LogP contribution in [0.1, 0.15) is 11.3 Å². The predicted molar refractivity (Wildman–Crippen MR) is 137 cm³/mol. The Morgan fingerprint density at radius 1 is 1.14 bits per heavy atom. The van der Waals surface area contributed by atoms with E-state index in [1.165, 1.54) is 28.9 Å². The zero-order valence-electron chi connectivity index (χ0n) is 19.7. The van der Waals surface area contributed by atoms with Crippen LogP contribution in [0.4, 0.5) is 4.39 Å². The Hall–Kier alpha value is -3.20. The summed E-state index contributed by atoms with van der Waals surface area (Å²) in [6.45, 7) is 13.8. The van der Waals surface area contributed by atoms with Crippen molar-refractivity contribution in [2.24, 2.45) is 0 Å². The summed E-state index contributed by atoms with van der Waals surface area (Å²) in [7, 11) is 0. The number of pyridine rings is 1. The van der Waals surface area contributed by atoms with Crippen molar-refractivity contribution in [3.63, 3.8) is 0 Å². The van der Waals surface area contributed by atoms with Crippen molar-refractivity contribution in [2.45, 2.75) is 20.0 Å². The molecule has 2 aromatic heterocycles. The summed E-state index contributed by atoms with van der Waals surface area (Å²) in [5.41, 5.74) is 2.89. The van der Waals surface area contributed by atoms with Crippen LogP contribution in [-0.2, 0) is 17.8 Å². The molecule has 1 aliphatic rings. The molecule has 0 amide bonds. The number of morpholine rings is 1. The van der Waals surface area contributed by atoms with Crippen LogP contribution < -0.4 is 11.1 Å². The minimum Gasteiger partial charge on any atom is -0.379 e. The summed E-state index contributed by atoms with van der Waals surface area (Å²) in [5.74, 6) is -0.450. The molecule has 0 aliphatic carbocycles. The van der Waals surface area contributed by atoms with E-state index in [0.29, 0.717) is 41.9 Å². The minimum atomic E-state index is -0.450. The van der Waals surface area contributed by atoms with Gasteiger partial charge in [-0.1, -0.05) is 43.0 Å². The van der Waals surface area contributed by atoms with E-state index in [4.69, 9.17) is 16.3 Å². The van der Waals surface area contributed by atoms with Crippen molar-refractivity contribution >= 4 is 22.5 Å². The Labute approximate surface area is 207 Å². The van der Waals surface area contributed by atoms with Crippen molar-refractivity contribution in [3.05, 3.63) is 104 Å². The monoisotopic (exact) mass is 498 g/mol. The van der Waals surface area contributed by atoms with Gasteiger partial charge in [-0.25, -0.2) is 9.07 Å². The maximum Gasteiger partial charge on any atom is 0.276 e. The van der Waals surface area contributed by atoms with Gasteiger partial charge in [0, 0.05) is 36.4 Å². The van der Waals surface area contributed by atoms with Gasteiger partial charge in [-0.3, -0.25) is 19.6 Å². The molecular formula is C26H28ClFN4O3. The summed E-state index contributed by atoms with van der Waals surface area (Å²) in [6.07, 6.45) is 3.53. The first-order valence-electron chi connectivity index (χ1n) is 11.4. The highest BCUT2D eigenvalue weighted by Gasteiger charge is 2.17. The highest BCUT2D eigenvalue weighted by Crippen LogP contribution is 2.20. The maximum absolute atomic E-state index is 13.4. The number of aromatic amines is 1. The van der Waals surface area contributed by atoms with E-state index in [2.05, 4.69) is 23.2 Å². The highest BCUT2D eigenvalue weighted by atomic mass is 35.5. The number of allylic oxidation sites excluding steroid dienone is 2. The molecule has 184 valence electrons. The van der Waals surface area contributed by atoms with Crippen LogP contribution in [0.2, 0.25) is 5.02 Å². The van der Waals surface area contributed by atoms with E-state index in [9.17, 15) is 14.0 Å². The zero-order chi connectivity index (χ0) is 25.1. The Balaban J connectivity index is 1.70. The molecule has 1 fully saturated rings. The van der Waals surface area contributed by atoms with Gasteiger partial charge in [0.15, 0.2) is 0 Å². The number of fused-ring (bicyclic) bond motifs is 1. The van der Waals surface area contributed by atoms with Gasteiger partial charge in [0.2, 0.25) is 0 Å². The molecule has 7 nitrogen and oxygen atoms in total. The molecule has 35 heavy (non-hydrogen) atoms. The van der Waals surface area contributed by atoms with Crippen LogP contribution in [0.3, 0.4) is 0 Å². The van der Waals surface area contributed by atoms with Crippen LogP contribution in [0.5, 0.6) is 0 Å². The molecule has 1 aliphatic heterocycles. The first kappa shape index (κ1) is 24.9. The number of halogens is 2. The average Bonchev–Trinajstić information content (AvgIpc) is 3.15. The van der Waals surface area contributed by atoms with Crippen LogP contribution in [0, 0.1) is 12.7 Å². The molecule has 1 N–H and O–H groups in total. The molecule has 4 rings (SSSR count). The summed E-state index contributed by atoms with van der Waals surface area (Å²) in [6, 6.07) is 5.45. The van der Waals surface area contributed by atoms with Crippen molar-refractivity contribution in [2.75, 3.05) is 32.8 Å². The first-order valence-corrected chi connectivity index (χ1v) is 11.7. The number of aryl methyl sites for hydroxylation is 1. The number of benzene rings is 1. The Bertz CT molecular complexity index is 1430. The highest BCUT2D eigenvalue weighted by molar-refractivity contribution is 6.31. The van der Waals surface area contributed by atoms with E-state index < -0.39 is 5.82 Å². The van der Waals surface area contributed by atoms with Gasteiger partial charge < -0.3 is 9.30 Å². The van der Waals surface area contributed by atoms with Gasteiger partial charge in [-0.2, -0.15) is 0 Å². The molecule has 0 atom stereocenters. The lowest BCUT2D eigenvalue weighted by atomic mass is 10.1. The molecular weight excluding hydrogens is 471 g/mol. The van der Waals surface area contributed by atoms with E-state index in [1.807, 2.05) is 0 Å². The molecule has 3 aromatic rings. The van der Waals surface area contributed by atoms with Gasteiger partial charge in [0.1, 0.15) is 5.82 Å². The van der Waals surface area contributed by atoms with Gasteiger partial charge >= 0.3 is 0 Å². The first-order chi connectivity index (χ1) is 16.8. The van der Waals surface area contributed by atoms with Crippen LogP contribution in [0.15, 0.2) is 70.3 Å². The smallest absolute Gasteiger partial charge is 0.276 e. The van der Waals surface area contributed by atoms with E-state index in [-0.39, 0.29) is 29.2 Å². The lowest BCUT2D eigenvalue weighted by Crippen LogP contribution is -2.37. The fourth-order valence-electron chi connectivity index (χ4n) is 4.35. The van der Waals surface area contributed by atoms with Gasteiger partial charge in [-0.05, 0) is 35.8 Å². The standard InChI is InChI=1S/C26H28ClFN4O3/c1-4-18(14-30-8-10-35-11-9-30)19(5-2)15-31-17(3)25-23(13-24(31)33)29-32(26(25)34)16-20-6-7-21(28)12-22(20)27/h4-7,12-13,29H,1-2,8-11,14-16H2,3H3/b19-18-. The molecule has 3 heterocycles. The summed E-state index contributed by atoms with van der Waals surface area (Å²) in [4.78, 5) is 28.5. The summed E-state index contributed by atoms with van der Waals surface area (Å²) >= 11 is 6.14. The largest absolute Gasteiger partial charge is 0.379 e. The predicted octanol–water partition coefficient (Wildman–Crippen LogP) is 3.64. The fraction of sp³-hybridized carbons (Fsp3) is 0.308. The molecule has 0 unspecified atom stereocenters. The second kappa shape index (κ2) is 10.6. The normalized spacial score (nSPS) is 15.3. The number of ether oxygens (including phenoxy) is 1. The fourth-order valence-corrected chi connectivity index (χ4v) is 4.58. The minimum absolute atomic E-state index is 0.123. The molecule has 9 heteroatoms. The second-order valence-electron chi connectivity index (χ2n) is 8.53. The van der Waals surface area contributed by atoms with Crippen molar-refractivity contribution in [3.8, 4) is 0 Å². The summed E-state index contributed by atoms with van der Waals surface area (Å²) in [5, 5.41) is 3.63. The van der Waals surface area contributed by atoms with Crippen molar-refractivity contribution in [1.29, 1.82) is 0 Å². The quantitative estimate of drug-likeness (QED) is 0.481. The van der Waals surface area contributed by atoms with E-state index in [1.54, 1.807) is 23.6 Å². The molecule has 1 aromatic carbocycles. The van der Waals surface area contributed by atoms with E-state index in [0.717, 1.165) is 24.2 Å². The summed E-state index contributed by atoms with van der Waals surface area (Å²) < 4.78 is 21.8. The number of aromatic nitrogens is 3. The number of hydrogen-bond acceptors (Lipinski definition) is 4. The third-order valence-electron chi connectivity index (χ3n) is 6.36. The zero-order valence-corrected chi connectivity index (χ0v) is 20.4. The topological polar surface area (TPSA) is 72.3 Å². The van der Waals surface area contributed by atoms with Gasteiger partial charge in [-0.15, -0.1) is 0 Å². The SMILES string of the molecule is C=C/C(CN1CCOCC1)=C(\C=C)Cn1c(C)c2c(=O)n(Cc3ccc(F)cc3Cl)[nH]c2cc1=O. The van der Waals surface area contributed by atoms with Crippen LogP contribution in [-0.4, -0.2) is 52.1 Å². The molecule has 0 bridgehead atoms. The molecule has 0 saturated carbocycles. The van der Waals surface area contributed by atoms with E-state index >= 15 is 0 Å².